The van der Waals surface area contributed by atoms with Gasteiger partial charge in [-0.25, -0.2) is 9.59 Å². The zero-order valence-electron chi connectivity index (χ0n) is 38.7. The van der Waals surface area contributed by atoms with Crippen LogP contribution in [0.5, 0.6) is 0 Å². The van der Waals surface area contributed by atoms with Crippen molar-refractivity contribution in [2.75, 3.05) is 19.8 Å². The molecule has 13 nitrogen and oxygen atoms in total. The van der Waals surface area contributed by atoms with Gasteiger partial charge in [-0.1, -0.05) is 164 Å². The summed E-state index contributed by atoms with van der Waals surface area (Å²) in [4.78, 5) is 27.6. The summed E-state index contributed by atoms with van der Waals surface area (Å²) < 4.78 is 65.8. The Morgan fingerprint density at radius 1 is 0.471 bits per heavy atom. The van der Waals surface area contributed by atoms with Crippen LogP contribution in [0.1, 0.15) is 43.0 Å². The first kappa shape index (κ1) is 50.0. The number of benzene rings is 6. The van der Waals surface area contributed by atoms with Crippen LogP contribution in [0.3, 0.4) is 0 Å². The fraction of sp³-hybridized carbons (Fsp3) is 0.298. The summed E-state index contributed by atoms with van der Waals surface area (Å²) in [6.07, 6.45) is -10.4. The van der Waals surface area contributed by atoms with Gasteiger partial charge in [0.05, 0.1) is 50.8 Å². The average Bonchev–Trinajstić information content (AvgIpc) is 3.41. The Balaban J connectivity index is 1.20. The summed E-state index contributed by atoms with van der Waals surface area (Å²) in [6, 6.07) is 55.8. The van der Waals surface area contributed by atoms with E-state index in [0.717, 1.165) is 22.3 Å². The second kappa shape index (κ2) is 26.0. The maximum absolute atomic E-state index is 14.1. The minimum Gasteiger partial charge on any atom is -0.459 e. The molecule has 6 aromatic carbocycles. The van der Waals surface area contributed by atoms with Crippen molar-refractivity contribution >= 4 is 11.9 Å². The highest BCUT2D eigenvalue weighted by molar-refractivity contribution is 5.90. The first-order valence-electron chi connectivity index (χ1n) is 23.4. The highest BCUT2D eigenvalue weighted by Crippen LogP contribution is 2.36. The molecular formula is C57H58O13. The van der Waals surface area contributed by atoms with Gasteiger partial charge in [0, 0.05) is 0 Å². The van der Waals surface area contributed by atoms with Gasteiger partial charge < -0.3 is 52.5 Å². The Morgan fingerprint density at radius 3 is 1.43 bits per heavy atom. The van der Waals surface area contributed by atoms with Gasteiger partial charge in [-0.2, -0.15) is 0 Å². The standard InChI is InChI=1S/C57H58O13/c1-2-33-62-52-51(69-55(59)45-31-19-8-20-32-45)49(47(67-56(52)60)39-66-54(58)44-29-17-7-18-30-44)70-57-53(65-37-43-27-15-6-16-28-43)50(64-36-42-25-13-5-14-26-42)48(63-35-41-23-11-4-12-24-41)46(68-57)38-61-34-40-21-9-3-10-22-40/h2-32,46-53,56-57,60H,1,33-39H2/t46-,47-,48+,49+,50+,51+,52-,53-,56-,57-/m1/s1. The van der Waals surface area contributed by atoms with Crippen molar-refractivity contribution < 1.29 is 62.1 Å². The van der Waals surface area contributed by atoms with Crippen LogP contribution in [0, 0.1) is 0 Å². The third-order valence-corrected chi connectivity index (χ3v) is 11.8. The second-order valence-corrected chi connectivity index (χ2v) is 16.8. The number of ether oxygens (including phenoxy) is 10. The van der Waals surface area contributed by atoms with E-state index in [1.54, 1.807) is 60.7 Å². The van der Waals surface area contributed by atoms with Crippen LogP contribution in [0.2, 0.25) is 0 Å². The van der Waals surface area contributed by atoms with Crippen molar-refractivity contribution in [1.82, 2.24) is 0 Å². The third kappa shape index (κ3) is 13.9. The average molecular weight is 951 g/mol. The van der Waals surface area contributed by atoms with Crippen molar-refractivity contribution in [3.8, 4) is 0 Å². The van der Waals surface area contributed by atoms with E-state index < -0.39 is 80.0 Å². The van der Waals surface area contributed by atoms with Crippen molar-refractivity contribution in [3.05, 3.63) is 228 Å². The van der Waals surface area contributed by atoms with E-state index in [1.807, 2.05) is 121 Å². The maximum Gasteiger partial charge on any atom is 0.338 e. The molecule has 0 aliphatic carbocycles. The maximum atomic E-state index is 14.1. The largest absolute Gasteiger partial charge is 0.459 e. The number of aliphatic hydroxyl groups excluding tert-OH is 1. The third-order valence-electron chi connectivity index (χ3n) is 11.8. The summed E-state index contributed by atoms with van der Waals surface area (Å²) in [5, 5.41) is 11.7. The van der Waals surface area contributed by atoms with E-state index in [-0.39, 0.29) is 45.2 Å². The van der Waals surface area contributed by atoms with Gasteiger partial charge in [-0.05, 0) is 46.5 Å². The van der Waals surface area contributed by atoms with Gasteiger partial charge >= 0.3 is 11.9 Å². The molecular weight excluding hydrogens is 893 g/mol. The Bertz CT molecular complexity index is 2470. The van der Waals surface area contributed by atoms with Gasteiger partial charge in [0.1, 0.15) is 49.3 Å². The summed E-state index contributed by atoms with van der Waals surface area (Å²) in [5.74, 6) is -1.38. The lowest BCUT2D eigenvalue weighted by molar-refractivity contribution is -0.368. The number of rotatable bonds is 23. The van der Waals surface area contributed by atoms with Crippen LogP contribution in [-0.2, 0) is 73.8 Å². The van der Waals surface area contributed by atoms with E-state index in [0.29, 0.717) is 5.56 Å². The highest BCUT2D eigenvalue weighted by Gasteiger charge is 2.55. The number of aliphatic hydroxyl groups is 1. The van der Waals surface area contributed by atoms with Crippen molar-refractivity contribution in [2.24, 2.45) is 0 Å². The van der Waals surface area contributed by atoms with Crippen LogP contribution >= 0.6 is 0 Å². The van der Waals surface area contributed by atoms with Crippen LogP contribution in [0.25, 0.3) is 0 Å². The zero-order valence-corrected chi connectivity index (χ0v) is 38.7. The predicted molar refractivity (Wildman–Crippen MR) is 258 cm³/mol. The molecule has 13 heteroatoms. The molecule has 2 fully saturated rings. The fourth-order valence-electron chi connectivity index (χ4n) is 8.28. The zero-order chi connectivity index (χ0) is 48.3. The van der Waals surface area contributed by atoms with Crippen LogP contribution in [0.4, 0.5) is 0 Å². The van der Waals surface area contributed by atoms with E-state index >= 15 is 0 Å². The Labute approximate surface area is 408 Å². The van der Waals surface area contributed by atoms with Gasteiger partial charge in [-0.15, -0.1) is 6.58 Å². The Morgan fingerprint density at radius 2 is 0.914 bits per heavy atom. The lowest BCUT2D eigenvalue weighted by Crippen LogP contribution is -2.66. The van der Waals surface area contributed by atoms with Crippen molar-refractivity contribution in [3.63, 3.8) is 0 Å². The van der Waals surface area contributed by atoms with E-state index in [1.165, 1.54) is 6.08 Å². The number of hydrogen-bond acceptors (Lipinski definition) is 13. The van der Waals surface area contributed by atoms with E-state index in [9.17, 15) is 14.7 Å². The first-order valence-corrected chi connectivity index (χ1v) is 23.4. The molecule has 364 valence electrons. The molecule has 0 amide bonds. The molecule has 2 aliphatic heterocycles. The highest BCUT2D eigenvalue weighted by atomic mass is 16.8. The number of hydrogen-bond donors (Lipinski definition) is 1. The molecule has 2 heterocycles. The predicted octanol–water partition coefficient (Wildman–Crippen LogP) is 8.44. The summed E-state index contributed by atoms with van der Waals surface area (Å²) >= 11 is 0. The van der Waals surface area contributed by atoms with Crippen molar-refractivity contribution in [2.45, 2.75) is 87.8 Å². The molecule has 0 unspecified atom stereocenters. The van der Waals surface area contributed by atoms with Crippen LogP contribution < -0.4 is 0 Å². The van der Waals surface area contributed by atoms with Crippen molar-refractivity contribution in [1.29, 1.82) is 0 Å². The molecule has 0 radical (unpaired) electrons. The molecule has 2 saturated heterocycles. The van der Waals surface area contributed by atoms with Gasteiger partial charge in [0.2, 0.25) is 0 Å². The molecule has 70 heavy (non-hydrogen) atoms. The van der Waals surface area contributed by atoms with Crippen LogP contribution in [-0.4, -0.2) is 98.3 Å². The molecule has 0 spiro atoms. The smallest absolute Gasteiger partial charge is 0.338 e. The molecule has 0 saturated carbocycles. The number of carbonyl (C=O) groups excluding carboxylic acids is 2. The molecule has 8 rings (SSSR count). The lowest BCUT2D eigenvalue weighted by atomic mass is 9.95. The topological polar surface area (TPSA) is 147 Å². The van der Waals surface area contributed by atoms with E-state index in [4.69, 9.17) is 47.4 Å². The molecule has 0 aromatic heterocycles. The molecule has 1 N–H and O–H groups in total. The minimum absolute atomic E-state index is 0.0281. The van der Waals surface area contributed by atoms with Gasteiger partial charge in [0.15, 0.2) is 18.7 Å². The SMILES string of the molecule is C=CCO[C@@H]1[C@@H](OC(=O)c2ccccc2)[C@@H](O[C@H]2O[C@H](COCc3ccccc3)[C@H](OCc3ccccc3)[C@H](OCc3ccccc3)[C@H]2OCc2ccccc2)[C@@H](COC(=O)c2ccccc2)O[C@H]1O. The number of carbonyl (C=O) groups is 2. The Kier molecular flexibility index (Phi) is 18.6. The monoisotopic (exact) mass is 950 g/mol. The summed E-state index contributed by atoms with van der Waals surface area (Å²) in [7, 11) is 0. The Hall–Kier alpha value is -6.36. The van der Waals surface area contributed by atoms with Gasteiger partial charge in [-0.3, -0.25) is 0 Å². The van der Waals surface area contributed by atoms with E-state index in [2.05, 4.69) is 6.58 Å². The molecule has 2 aliphatic rings. The first-order chi connectivity index (χ1) is 34.4. The minimum atomic E-state index is -1.68. The number of esters is 2. The molecule has 0 bridgehead atoms. The fourth-order valence-corrected chi connectivity index (χ4v) is 8.28. The normalized spacial score (nSPS) is 24.3. The molecule has 10 atom stereocenters. The van der Waals surface area contributed by atoms with Gasteiger partial charge in [0.25, 0.3) is 0 Å². The quantitative estimate of drug-likeness (QED) is 0.0485. The second-order valence-electron chi connectivity index (χ2n) is 16.8. The summed E-state index contributed by atoms with van der Waals surface area (Å²) in [5.41, 5.74) is 4.16. The summed E-state index contributed by atoms with van der Waals surface area (Å²) in [6.45, 7) is 4.07. The molecule has 6 aromatic rings. The lowest BCUT2D eigenvalue weighted by Gasteiger charge is -2.49. The van der Waals surface area contributed by atoms with Crippen LogP contribution in [0.15, 0.2) is 195 Å².